The van der Waals surface area contributed by atoms with Gasteiger partial charge in [0.15, 0.2) is 0 Å². The number of hydrogen-bond donors (Lipinski definition) is 3. The van der Waals surface area contributed by atoms with E-state index in [9.17, 15) is 32.1 Å². The van der Waals surface area contributed by atoms with Crippen LogP contribution in [0.3, 0.4) is 0 Å². The second-order valence-electron chi connectivity index (χ2n) is 13.1. The zero-order valence-electron chi connectivity index (χ0n) is 28.9. The number of rotatable bonds is 17. The van der Waals surface area contributed by atoms with Crippen molar-refractivity contribution < 1.29 is 45.9 Å². The van der Waals surface area contributed by atoms with E-state index in [2.05, 4.69) is 17.5 Å². The van der Waals surface area contributed by atoms with Crippen molar-refractivity contribution in [1.82, 2.24) is 4.90 Å². The van der Waals surface area contributed by atoms with Crippen LogP contribution < -0.4 is 21.7 Å². The maximum Gasteiger partial charge on any atom is 0.416 e. The molecule has 5 atom stereocenters. The molecule has 2 heterocycles. The maximum atomic E-state index is 13.5. The highest BCUT2D eigenvalue weighted by atomic mass is 31.2. The van der Waals surface area contributed by atoms with Crippen molar-refractivity contribution >= 4 is 36.9 Å². The number of piperidine rings is 1. The first-order valence-corrected chi connectivity index (χ1v) is 19.2. The number of anilines is 2. The van der Waals surface area contributed by atoms with E-state index >= 15 is 0 Å². The number of unbranched alkanes of at least 4 members (excludes halogenated alkanes) is 3. The molecule has 0 radical (unpaired) electrons. The smallest absolute Gasteiger partial charge is 0.416 e. The molecule has 3 fully saturated rings. The Balaban J connectivity index is 1.24. The van der Waals surface area contributed by atoms with Crippen molar-refractivity contribution in [2.45, 2.75) is 108 Å². The number of carbonyl (C=O) groups is 3. The van der Waals surface area contributed by atoms with E-state index < -0.39 is 55.4 Å². The van der Waals surface area contributed by atoms with Gasteiger partial charge in [-0.3, -0.25) is 19.5 Å². The standard InChI is InChI=1S/C34H51F3N5O7P/c1-3-47-50(46,48-4-2)30-19-23(30)13-9-6-5-7-10-14-26(38)32(44)42-22-25(21-29(42)31(39)43)49-33(45)40-27-20-24(34(35,36)37)15-16-28(27)41-17-11-8-12-18-41/h9,13,15-16,20,23,25-26,29-30H,3-8,10-12,14,17-19,21-22,38H2,1-2H3,(H2,39,43)(H,40,45)/b13-9-/t23-,25-,26+,29+,30+/m1/s1. The molecule has 16 heteroatoms. The number of primary amides is 1. The van der Waals surface area contributed by atoms with Crippen molar-refractivity contribution in [2.75, 3.05) is 43.1 Å². The van der Waals surface area contributed by atoms with E-state index in [1.54, 1.807) is 13.8 Å². The Labute approximate surface area is 291 Å². The minimum atomic E-state index is -4.61. The molecule has 3 amide bonds. The van der Waals surface area contributed by atoms with Gasteiger partial charge in [0, 0.05) is 19.5 Å². The molecule has 2 saturated heterocycles. The zero-order chi connectivity index (χ0) is 36.5. The molecule has 3 aliphatic rings. The average Bonchev–Trinajstić information content (AvgIpc) is 3.74. The number of likely N-dealkylation sites (tertiary alicyclic amines) is 1. The van der Waals surface area contributed by atoms with E-state index in [0.29, 0.717) is 44.8 Å². The highest BCUT2D eigenvalue weighted by Gasteiger charge is 2.51. The lowest BCUT2D eigenvalue weighted by molar-refractivity contribution is -0.138. The molecule has 50 heavy (non-hydrogen) atoms. The Bertz CT molecular complexity index is 1400. The Morgan fingerprint density at radius 3 is 2.40 bits per heavy atom. The second-order valence-corrected chi connectivity index (χ2v) is 15.3. The quantitative estimate of drug-likeness (QED) is 0.0963. The van der Waals surface area contributed by atoms with Gasteiger partial charge in [-0.25, -0.2) is 4.79 Å². The highest BCUT2D eigenvalue weighted by Crippen LogP contribution is 2.65. The van der Waals surface area contributed by atoms with Gasteiger partial charge in [-0.1, -0.05) is 25.0 Å². The first-order valence-electron chi connectivity index (χ1n) is 17.6. The van der Waals surface area contributed by atoms with Gasteiger partial charge in [-0.2, -0.15) is 13.2 Å². The lowest BCUT2D eigenvalue weighted by Gasteiger charge is -2.31. The van der Waals surface area contributed by atoms with Crippen molar-refractivity contribution in [2.24, 2.45) is 17.4 Å². The molecule has 2 aliphatic heterocycles. The highest BCUT2D eigenvalue weighted by molar-refractivity contribution is 7.55. The van der Waals surface area contributed by atoms with Crippen molar-refractivity contribution in [3.05, 3.63) is 35.9 Å². The van der Waals surface area contributed by atoms with Crippen LogP contribution in [0.25, 0.3) is 0 Å². The van der Waals surface area contributed by atoms with Gasteiger partial charge in [-0.15, -0.1) is 0 Å². The number of amides is 3. The van der Waals surface area contributed by atoms with Gasteiger partial charge in [-0.05, 0) is 82.9 Å². The summed E-state index contributed by atoms with van der Waals surface area (Å²) in [4.78, 5) is 41.6. The number of nitrogens with two attached hydrogens (primary N) is 2. The molecule has 5 N–H and O–H groups in total. The largest absolute Gasteiger partial charge is 0.444 e. The van der Waals surface area contributed by atoms with E-state index in [1.807, 2.05) is 4.90 Å². The average molecular weight is 730 g/mol. The third-order valence-electron chi connectivity index (χ3n) is 9.32. The van der Waals surface area contributed by atoms with Gasteiger partial charge in [0.2, 0.25) is 11.8 Å². The van der Waals surface area contributed by atoms with Crippen molar-refractivity contribution in [1.29, 1.82) is 0 Å². The molecule has 0 aromatic heterocycles. The van der Waals surface area contributed by atoms with Gasteiger partial charge in [0.1, 0.15) is 12.1 Å². The van der Waals surface area contributed by atoms with E-state index in [-0.39, 0.29) is 30.2 Å². The Morgan fingerprint density at radius 2 is 1.76 bits per heavy atom. The summed E-state index contributed by atoms with van der Waals surface area (Å²) in [7, 11) is -3.08. The van der Waals surface area contributed by atoms with Crippen LogP contribution in [0, 0.1) is 5.92 Å². The lowest BCUT2D eigenvalue weighted by atomic mass is 10.1. The summed E-state index contributed by atoms with van der Waals surface area (Å²) in [5.41, 5.74) is 11.2. The normalized spacial score (nSPS) is 23.2. The number of benzene rings is 1. The van der Waals surface area contributed by atoms with Crippen molar-refractivity contribution in [3.63, 3.8) is 0 Å². The second kappa shape index (κ2) is 17.9. The predicted molar refractivity (Wildman–Crippen MR) is 184 cm³/mol. The van der Waals surface area contributed by atoms with E-state index in [1.165, 1.54) is 11.0 Å². The maximum absolute atomic E-state index is 13.5. The summed E-state index contributed by atoms with van der Waals surface area (Å²) in [5, 5.41) is 2.46. The topological polar surface area (TPSA) is 167 Å². The Hall–Kier alpha value is -3.13. The molecule has 0 unspecified atom stereocenters. The van der Waals surface area contributed by atoms with Crippen LogP contribution in [0.5, 0.6) is 0 Å². The lowest BCUT2D eigenvalue weighted by Crippen LogP contribution is -2.50. The molecular formula is C34H51F3N5O7P. The monoisotopic (exact) mass is 729 g/mol. The van der Waals surface area contributed by atoms with Crippen LogP contribution in [0.2, 0.25) is 0 Å². The van der Waals surface area contributed by atoms with Crippen LogP contribution in [0.1, 0.15) is 83.6 Å². The number of nitrogens with one attached hydrogen (secondary N) is 1. The fourth-order valence-electron chi connectivity index (χ4n) is 6.68. The van der Waals surface area contributed by atoms with Crippen LogP contribution in [0.4, 0.5) is 29.3 Å². The molecule has 280 valence electrons. The SMILES string of the molecule is CCOP(=O)(OCC)[C@H]1C[C@H]1/C=C\CCCCC[C@H](N)C(=O)N1C[C@H](OC(=O)Nc2cc(C(F)(F)F)ccc2N2CCCCC2)C[C@H]1C(N)=O. The van der Waals surface area contributed by atoms with Crippen LogP contribution >= 0.6 is 7.60 Å². The third-order valence-corrected chi connectivity index (χ3v) is 12.0. The first kappa shape index (κ1) is 39.7. The molecular weight excluding hydrogens is 678 g/mol. The van der Waals surface area contributed by atoms with E-state index in [4.69, 9.17) is 25.3 Å². The number of nitrogens with zero attached hydrogens (tertiary/aromatic N) is 2. The molecule has 1 saturated carbocycles. The van der Waals surface area contributed by atoms with Crippen LogP contribution in [0.15, 0.2) is 30.4 Å². The predicted octanol–water partition coefficient (Wildman–Crippen LogP) is 6.19. The molecule has 0 bridgehead atoms. The molecule has 4 rings (SSSR count). The third kappa shape index (κ3) is 10.7. The molecule has 1 aliphatic carbocycles. The number of carbonyl (C=O) groups excluding carboxylic acids is 3. The Morgan fingerprint density at radius 1 is 1.06 bits per heavy atom. The number of alkyl halides is 3. The summed E-state index contributed by atoms with van der Waals surface area (Å²) >= 11 is 0. The van der Waals surface area contributed by atoms with Crippen LogP contribution in [-0.4, -0.2) is 79.5 Å². The summed E-state index contributed by atoms with van der Waals surface area (Å²) in [5.74, 6) is -1.08. The molecule has 0 spiro atoms. The summed E-state index contributed by atoms with van der Waals surface area (Å²) in [6.07, 6.45) is 4.64. The fourth-order valence-corrected chi connectivity index (χ4v) is 8.93. The Kier molecular flexibility index (Phi) is 14.2. The number of ether oxygens (including phenoxy) is 1. The summed E-state index contributed by atoms with van der Waals surface area (Å²) in [6, 6.07) is 1.27. The first-order chi connectivity index (χ1) is 23.8. The zero-order valence-corrected chi connectivity index (χ0v) is 29.8. The number of allylic oxidation sites excluding steroid dienone is 2. The number of halogens is 3. The van der Waals surface area contributed by atoms with Gasteiger partial charge < -0.3 is 35.1 Å². The number of hydrogen-bond acceptors (Lipinski definition) is 9. The molecule has 12 nitrogen and oxygen atoms in total. The van der Waals surface area contributed by atoms with E-state index in [0.717, 1.165) is 57.1 Å². The van der Waals surface area contributed by atoms with Gasteiger partial charge >= 0.3 is 19.9 Å². The molecule has 1 aromatic rings. The minimum Gasteiger partial charge on any atom is -0.444 e. The summed E-state index contributed by atoms with van der Waals surface area (Å²) < 4.78 is 69.7. The summed E-state index contributed by atoms with van der Waals surface area (Å²) in [6.45, 7) is 5.44. The van der Waals surface area contributed by atoms with Crippen molar-refractivity contribution in [3.8, 4) is 0 Å². The fraction of sp³-hybridized carbons (Fsp3) is 0.676. The minimum absolute atomic E-state index is 0.0349. The van der Waals surface area contributed by atoms with Gasteiger partial charge in [0.05, 0.1) is 48.4 Å². The van der Waals surface area contributed by atoms with Crippen LogP contribution in [-0.2, 0) is 34.1 Å². The molecule has 1 aromatic carbocycles. The van der Waals surface area contributed by atoms with Gasteiger partial charge in [0.25, 0.3) is 0 Å².